The number of halogens is 2. The van der Waals surface area contributed by atoms with E-state index in [9.17, 15) is 4.39 Å². The first-order valence-electron chi connectivity index (χ1n) is 5.14. The molecular formula is C12H12BrFN2S. The van der Waals surface area contributed by atoms with Crippen LogP contribution in [0.1, 0.15) is 27.2 Å². The van der Waals surface area contributed by atoms with Gasteiger partial charge >= 0.3 is 0 Å². The van der Waals surface area contributed by atoms with Crippen LogP contribution in [0.25, 0.3) is 0 Å². The van der Waals surface area contributed by atoms with E-state index in [0.29, 0.717) is 10.0 Å². The van der Waals surface area contributed by atoms with Crippen LogP contribution in [0.2, 0.25) is 0 Å². The highest BCUT2D eigenvalue weighted by Crippen LogP contribution is 2.31. The summed E-state index contributed by atoms with van der Waals surface area (Å²) in [6.07, 6.45) is 0. The Balaban J connectivity index is 2.47. The van der Waals surface area contributed by atoms with Crippen molar-refractivity contribution in [1.29, 1.82) is 0 Å². The molecule has 2 aromatic rings. The average Bonchev–Trinajstić information content (AvgIpc) is 2.61. The minimum absolute atomic E-state index is 0.301. The molecule has 5 heteroatoms. The van der Waals surface area contributed by atoms with Crippen molar-refractivity contribution in [3.63, 3.8) is 0 Å². The summed E-state index contributed by atoms with van der Waals surface area (Å²) >= 11 is 4.68. The highest BCUT2D eigenvalue weighted by molar-refractivity contribution is 9.10. The zero-order valence-corrected chi connectivity index (χ0v) is 11.9. The molecule has 1 unspecified atom stereocenters. The zero-order valence-electron chi connectivity index (χ0n) is 9.50. The molecular weight excluding hydrogens is 303 g/mol. The van der Waals surface area contributed by atoms with Crippen molar-refractivity contribution in [1.82, 2.24) is 4.98 Å². The van der Waals surface area contributed by atoms with Crippen LogP contribution in [0.4, 0.5) is 4.39 Å². The molecule has 0 spiro atoms. The molecule has 0 amide bonds. The van der Waals surface area contributed by atoms with Gasteiger partial charge in [-0.15, -0.1) is 11.3 Å². The van der Waals surface area contributed by atoms with Crippen LogP contribution in [0.15, 0.2) is 22.7 Å². The van der Waals surface area contributed by atoms with Crippen LogP contribution in [0, 0.1) is 19.7 Å². The van der Waals surface area contributed by atoms with Crippen molar-refractivity contribution in [3.05, 3.63) is 49.6 Å². The number of nitrogens with zero attached hydrogens (tertiary/aromatic N) is 1. The van der Waals surface area contributed by atoms with E-state index in [-0.39, 0.29) is 5.82 Å². The molecule has 1 aromatic carbocycles. The third-order valence-corrected chi connectivity index (χ3v) is 4.31. The topological polar surface area (TPSA) is 38.9 Å². The van der Waals surface area contributed by atoms with E-state index in [0.717, 1.165) is 15.6 Å². The number of hydrogen-bond donors (Lipinski definition) is 1. The Hall–Kier alpha value is -0.780. The number of hydrogen-bond acceptors (Lipinski definition) is 3. The lowest BCUT2D eigenvalue weighted by Crippen LogP contribution is -2.13. The van der Waals surface area contributed by atoms with E-state index < -0.39 is 6.04 Å². The molecule has 17 heavy (non-hydrogen) atoms. The van der Waals surface area contributed by atoms with Gasteiger partial charge in [-0.3, -0.25) is 0 Å². The second kappa shape index (κ2) is 4.84. The molecule has 0 fully saturated rings. The summed E-state index contributed by atoms with van der Waals surface area (Å²) in [6, 6.07) is 4.69. The van der Waals surface area contributed by atoms with E-state index in [1.807, 2.05) is 13.8 Å². The van der Waals surface area contributed by atoms with Crippen molar-refractivity contribution < 1.29 is 4.39 Å². The number of rotatable bonds is 2. The van der Waals surface area contributed by atoms with E-state index in [1.54, 1.807) is 18.2 Å². The van der Waals surface area contributed by atoms with Gasteiger partial charge in [0, 0.05) is 10.4 Å². The first-order valence-corrected chi connectivity index (χ1v) is 6.75. The largest absolute Gasteiger partial charge is 0.319 e. The summed E-state index contributed by atoms with van der Waals surface area (Å²) < 4.78 is 14.4. The Labute approximate surface area is 112 Å². The van der Waals surface area contributed by atoms with Crippen LogP contribution in [0.3, 0.4) is 0 Å². The lowest BCUT2D eigenvalue weighted by Gasteiger charge is -2.12. The summed E-state index contributed by atoms with van der Waals surface area (Å²) in [5, 5.41) is 0.948. The Morgan fingerprint density at radius 1 is 1.41 bits per heavy atom. The van der Waals surface area contributed by atoms with Crippen LogP contribution >= 0.6 is 27.3 Å². The van der Waals surface area contributed by atoms with Crippen molar-refractivity contribution >= 4 is 27.3 Å². The number of thiazole rings is 1. The van der Waals surface area contributed by atoms with Gasteiger partial charge in [0.15, 0.2) is 0 Å². The SMILES string of the molecule is Cc1nc(C)c(C(N)c2cccc(Br)c2F)s1. The van der Waals surface area contributed by atoms with Gasteiger partial charge in [0.25, 0.3) is 0 Å². The molecule has 0 aliphatic rings. The molecule has 0 radical (unpaired) electrons. The van der Waals surface area contributed by atoms with E-state index in [1.165, 1.54) is 11.3 Å². The predicted octanol–water partition coefficient (Wildman–Crippen LogP) is 3.71. The monoisotopic (exact) mass is 314 g/mol. The maximum atomic E-state index is 13.9. The number of benzene rings is 1. The maximum Gasteiger partial charge on any atom is 0.142 e. The van der Waals surface area contributed by atoms with Gasteiger partial charge < -0.3 is 5.73 Å². The lowest BCUT2D eigenvalue weighted by molar-refractivity contribution is 0.594. The van der Waals surface area contributed by atoms with Crippen LogP contribution in [-0.4, -0.2) is 4.98 Å². The minimum Gasteiger partial charge on any atom is -0.319 e. The van der Waals surface area contributed by atoms with Gasteiger partial charge in [-0.2, -0.15) is 0 Å². The molecule has 1 aromatic heterocycles. The fourth-order valence-electron chi connectivity index (χ4n) is 1.74. The molecule has 1 heterocycles. The second-order valence-electron chi connectivity index (χ2n) is 3.80. The third-order valence-electron chi connectivity index (χ3n) is 2.54. The van der Waals surface area contributed by atoms with Gasteiger partial charge in [0.05, 0.1) is 21.2 Å². The minimum atomic E-state index is -0.460. The molecule has 2 N–H and O–H groups in total. The molecule has 0 aliphatic carbocycles. The Bertz CT molecular complexity index is 553. The summed E-state index contributed by atoms with van der Waals surface area (Å²) in [7, 11) is 0. The summed E-state index contributed by atoms with van der Waals surface area (Å²) in [6.45, 7) is 3.82. The van der Waals surface area contributed by atoms with Gasteiger partial charge in [-0.25, -0.2) is 9.37 Å². The normalized spacial score (nSPS) is 12.8. The van der Waals surface area contributed by atoms with Crippen molar-refractivity contribution in [2.75, 3.05) is 0 Å². The van der Waals surface area contributed by atoms with Gasteiger partial charge in [-0.1, -0.05) is 12.1 Å². The zero-order chi connectivity index (χ0) is 12.6. The Morgan fingerprint density at radius 2 is 2.12 bits per heavy atom. The predicted molar refractivity (Wildman–Crippen MR) is 71.7 cm³/mol. The molecule has 0 aliphatic heterocycles. The van der Waals surface area contributed by atoms with E-state index >= 15 is 0 Å². The molecule has 2 nitrogen and oxygen atoms in total. The number of aryl methyl sites for hydroxylation is 2. The second-order valence-corrected chi connectivity index (χ2v) is 5.89. The summed E-state index contributed by atoms with van der Waals surface area (Å²) in [4.78, 5) is 5.23. The van der Waals surface area contributed by atoms with E-state index in [2.05, 4.69) is 20.9 Å². The lowest BCUT2D eigenvalue weighted by atomic mass is 10.0. The molecule has 1 atom stereocenters. The van der Waals surface area contributed by atoms with Crippen LogP contribution in [-0.2, 0) is 0 Å². The van der Waals surface area contributed by atoms with E-state index in [4.69, 9.17) is 5.73 Å². The molecule has 0 bridgehead atoms. The fourth-order valence-corrected chi connectivity index (χ4v) is 3.07. The standard InChI is InChI=1S/C12H12BrFN2S/c1-6-12(17-7(2)16-6)11(15)8-4-3-5-9(13)10(8)14/h3-5,11H,15H2,1-2H3. The summed E-state index contributed by atoms with van der Waals surface area (Å²) in [5.41, 5.74) is 7.48. The Kier molecular flexibility index (Phi) is 3.61. The quantitative estimate of drug-likeness (QED) is 0.917. The third kappa shape index (κ3) is 2.41. The van der Waals surface area contributed by atoms with Crippen LogP contribution in [0.5, 0.6) is 0 Å². The van der Waals surface area contributed by atoms with Crippen LogP contribution < -0.4 is 5.73 Å². The van der Waals surface area contributed by atoms with Gasteiger partial charge in [0.2, 0.25) is 0 Å². The maximum absolute atomic E-state index is 13.9. The Morgan fingerprint density at radius 3 is 2.71 bits per heavy atom. The highest BCUT2D eigenvalue weighted by Gasteiger charge is 2.19. The number of aromatic nitrogens is 1. The van der Waals surface area contributed by atoms with Crippen molar-refractivity contribution in [2.24, 2.45) is 5.73 Å². The first-order chi connectivity index (χ1) is 8.00. The number of nitrogens with two attached hydrogens (primary N) is 1. The summed E-state index contributed by atoms with van der Waals surface area (Å²) in [5.74, 6) is -0.301. The smallest absolute Gasteiger partial charge is 0.142 e. The van der Waals surface area contributed by atoms with Crippen molar-refractivity contribution in [3.8, 4) is 0 Å². The average molecular weight is 315 g/mol. The highest BCUT2D eigenvalue weighted by atomic mass is 79.9. The molecule has 0 saturated heterocycles. The van der Waals surface area contributed by atoms with Gasteiger partial charge in [0.1, 0.15) is 5.82 Å². The molecule has 90 valence electrons. The molecule has 0 saturated carbocycles. The molecule has 2 rings (SSSR count). The first kappa shape index (κ1) is 12.7. The van der Waals surface area contributed by atoms with Crippen molar-refractivity contribution in [2.45, 2.75) is 19.9 Å². The van der Waals surface area contributed by atoms with Gasteiger partial charge in [-0.05, 0) is 35.8 Å². The fraction of sp³-hybridized carbons (Fsp3) is 0.250.